The van der Waals surface area contributed by atoms with Crippen molar-refractivity contribution in [1.82, 2.24) is 4.57 Å². The van der Waals surface area contributed by atoms with Crippen molar-refractivity contribution in [2.75, 3.05) is 0 Å². The van der Waals surface area contributed by atoms with Gasteiger partial charge in [0.2, 0.25) is 0 Å². The summed E-state index contributed by atoms with van der Waals surface area (Å²) in [5, 5.41) is 10.8. The number of nitrogens with zero attached hydrogens (tertiary/aromatic N) is 2. The molecule has 0 aliphatic rings. The number of carbonyl (C=O) groups excluding carboxylic acids is 1. The third-order valence-corrected chi connectivity index (χ3v) is 2.72. The number of aryl methyl sites for hydroxylation is 1. The molecule has 1 aromatic heterocycles. The van der Waals surface area contributed by atoms with E-state index in [0.29, 0.717) is 0 Å². The normalized spacial score (nSPS) is 12.8. The molecule has 4 heteroatoms. The van der Waals surface area contributed by atoms with E-state index in [-0.39, 0.29) is 0 Å². The van der Waals surface area contributed by atoms with Gasteiger partial charge in [-0.3, -0.25) is 0 Å². The van der Waals surface area contributed by atoms with Gasteiger partial charge in [-0.2, -0.15) is 0 Å². The summed E-state index contributed by atoms with van der Waals surface area (Å²) in [4.78, 5) is 10.8. The van der Waals surface area contributed by atoms with Crippen LogP contribution in [0.15, 0.2) is 6.20 Å². The van der Waals surface area contributed by atoms with Gasteiger partial charge in [0.05, 0.1) is 12.5 Å². The molecule has 0 bridgehead atoms. The van der Waals surface area contributed by atoms with Crippen molar-refractivity contribution < 1.29 is 14.5 Å². The standard InChI is InChI=1S/C11H18N2O2/c1-5-6-12-8(2)7-13(10(12)4)9(3)11(14)15/h7,9H,5-6H2,1-4H3. The summed E-state index contributed by atoms with van der Waals surface area (Å²) in [6.07, 6.45) is 2.90. The highest BCUT2D eigenvalue weighted by atomic mass is 16.4. The molecule has 0 saturated carbocycles. The number of rotatable bonds is 4. The zero-order valence-corrected chi connectivity index (χ0v) is 9.78. The summed E-state index contributed by atoms with van der Waals surface area (Å²) in [7, 11) is 0. The van der Waals surface area contributed by atoms with E-state index < -0.39 is 12.0 Å². The van der Waals surface area contributed by atoms with E-state index in [4.69, 9.17) is 0 Å². The number of hydrogen-bond donors (Lipinski definition) is 0. The van der Waals surface area contributed by atoms with Gasteiger partial charge in [-0.15, -0.1) is 0 Å². The van der Waals surface area contributed by atoms with Crippen molar-refractivity contribution in [3.05, 3.63) is 17.7 Å². The van der Waals surface area contributed by atoms with Gasteiger partial charge in [-0.25, -0.2) is 9.13 Å². The second-order valence-electron chi connectivity index (χ2n) is 3.87. The number of aliphatic carboxylic acids is 1. The van der Waals surface area contributed by atoms with Gasteiger partial charge in [-0.05, 0) is 13.3 Å². The highest BCUT2D eigenvalue weighted by Gasteiger charge is 2.20. The molecule has 0 aliphatic heterocycles. The predicted molar refractivity (Wildman–Crippen MR) is 54.1 cm³/mol. The summed E-state index contributed by atoms with van der Waals surface area (Å²) in [6, 6.07) is -0.609. The maximum atomic E-state index is 10.8. The van der Waals surface area contributed by atoms with Crippen molar-refractivity contribution in [2.24, 2.45) is 0 Å². The number of carboxylic acids is 1. The van der Waals surface area contributed by atoms with E-state index in [1.54, 1.807) is 11.5 Å². The van der Waals surface area contributed by atoms with Crippen LogP contribution in [0.4, 0.5) is 0 Å². The molecule has 4 nitrogen and oxygen atoms in total. The van der Waals surface area contributed by atoms with Crippen LogP contribution >= 0.6 is 0 Å². The minimum absolute atomic E-state index is 0.609. The zero-order valence-electron chi connectivity index (χ0n) is 9.78. The Morgan fingerprint density at radius 3 is 2.67 bits per heavy atom. The average molecular weight is 210 g/mol. The summed E-state index contributed by atoms with van der Waals surface area (Å²) in [5.41, 5.74) is 1.09. The molecule has 0 N–H and O–H groups in total. The maximum absolute atomic E-state index is 10.8. The van der Waals surface area contributed by atoms with Crippen LogP contribution in [-0.2, 0) is 11.3 Å². The minimum atomic E-state index is -1.04. The second kappa shape index (κ2) is 4.47. The van der Waals surface area contributed by atoms with E-state index >= 15 is 0 Å². The van der Waals surface area contributed by atoms with Crippen molar-refractivity contribution in [1.29, 1.82) is 0 Å². The summed E-state index contributed by atoms with van der Waals surface area (Å²) < 4.78 is 3.87. The Morgan fingerprint density at radius 2 is 2.20 bits per heavy atom. The van der Waals surface area contributed by atoms with Gasteiger partial charge < -0.3 is 9.90 Å². The first kappa shape index (κ1) is 11.8. The quantitative estimate of drug-likeness (QED) is 0.662. The first-order chi connectivity index (χ1) is 6.99. The third kappa shape index (κ3) is 2.19. The number of carboxylic acid groups (broad SMARTS) is 1. The molecule has 15 heavy (non-hydrogen) atoms. The van der Waals surface area contributed by atoms with E-state index in [9.17, 15) is 9.90 Å². The van der Waals surface area contributed by atoms with Crippen LogP contribution < -0.4 is 9.67 Å². The molecule has 0 fully saturated rings. The van der Waals surface area contributed by atoms with Gasteiger partial charge in [0.25, 0.3) is 5.82 Å². The van der Waals surface area contributed by atoms with Gasteiger partial charge in [0.15, 0.2) is 0 Å². The Balaban J connectivity index is 3.11. The highest BCUT2D eigenvalue weighted by Crippen LogP contribution is 2.06. The smallest absolute Gasteiger partial charge is 0.253 e. The molecule has 0 aromatic carbocycles. The molecule has 0 saturated heterocycles. The lowest BCUT2D eigenvalue weighted by Gasteiger charge is -2.10. The molecule has 84 valence electrons. The molecule has 1 heterocycles. The molecular formula is C11H18N2O2. The summed E-state index contributed by atoms with van der Waals surface area (Å²) in [6.45, 7) is 8.58. The lowest BCUT2D eigenvalue weighted by molar-refractivity contribution is -0.717. The fourth-order valence-corrected chi connectivity index (χ4v) is 1.83. The fourth-order valence-electron chi connectivity index (χ4n) is 1.83. The minimum Gasteiger partial charge on any atom is -0.546 e. The first-order valence-corrected chi connectivity index (χ1v) is 5.27. The number of hydrogen-bond acceptors (Lipinski definition) is 2. The van der Waals surface area contributed by atoms with E-state index in [1.807, 2.05) is 20.0 Å². The molecule has 0 spiro atoms. The Hall–Kier alpha value is -1.32. The van der Waals surface area contributed by atoms with Crippen LogP contribution in [0.2, 0.25) is 0 Å². The fraction of sp³-hybridized carbons (Fsp3) is 0.636. The molecule has 0 aliphatic carbocycles. The first-order valence-electron chi connectivity index (χ1n) is 5.27. The van der Waals surface area contributed by atoms with E-state index in [1.165, 1.54) is 0 Å². The molecule has 0 radical (unpaired) electrons. The number of aromatic nitrogens is 2. The lowest BCUT2D eigenvalue weighted by Crippen LogP contribution is -2.48. The number of imidazole rings is 1. The Kier molecular flexibility index (Phi) is 3.50. The zero-order chi connectivity index (χ0) is 11.6. The molecule has 1 aromatic rings. The molecule has 1 atom stereocenters. The molecule has 1 unspecified atom stereocenters. The SMILES string of the molecule is CCCn1c(C)c[n+](C(C)C(=O)[O-])c1C. The van der Waals surface area contributed by atoms with Crippen molar-refractivity contribution in [3.63, 3.8) is 0 Å². The predicted octanol–water partition coefficient (Wildman–Crippen LogP) is 0.113. The lowest BCUT2D eigenvalue weighted by atomic mass is 10.3. The molecule has 1 rings (SSSR count). The number of carbonyl (C=O) groups is 1. The molecule has 0 amide bonds. The average Bonchev–Trinajstić information content (AvgIpc) is 2.45. The van der Waals surface area contributed by atoms with Crippen LogP contribution in [0.3, 0.4) is 0 Å². The van der Waals surface area contributed by atoms with E-state index in [0.717, 1.165) is 24.5 Å². The van der Waals surface area contributed by atoms with Crippen LogP contribution in [-0.4, -0.2) is 10.5 Å². The second-order valence-corrected chi connectivity index (χ2v) is 3.87. The van der Waals surface area contributed by atoms with Crippen molar-refractivity contribution in [3.8, 4) is 0 Å². The Labute approximate surface area is 90.2 Å². The van der Waals surface area contributed by atoms with Gasteiger partial charge in [-0.1, -0.05) is 6.92 Å². The van der Waals surface area contributed by atoms with Crippen molar-refractivity contribution >= 4 is 5.97 Å². The Bertz CT molecular complexity index is 369. The largest absolute Gasteiger partial charge is 0.546 e. The maximum Gasteiger partial charge on any atom is 0.253 e. The van der Waals surface area contributed by atoms with Gasteiger partial charge in [0, 0.05) is 13.8 Å². The van der Waals surface area contributed by atoms with Crippen LogP contribution in [0.25, 0.3) is 0 Å². The summed E-state index contributed by atoms with van der Waals surface area (Å²) in [5.74, 6) is -0.0807. The van der Waals surface area contributed by atoms with Crippen LogP contribution in [0.1, 0.15) is 37.8 Å². The third-order valence-electron chi connectivity index (χ3n) is 2.72. The van der Waals surface area contributed by atoms with Crippen molar-refractivity contribution in [2.45, 2.75) is 46.7 Å². The van der Waals surface area contributed by atoms with Crippen LogP contribution in [0.5, 0.6) is 0 Å². The topological polar surface area (TPSA) is 48.9 Å². The monoisotopic (exact) mass is 210 g/mol. The Morgan fingerprint density at radius 1 is 1.60 bits per heavy atom. The van der Waals surface area contributed by atoms with Crippen LogP contribution in [0, 0.1) is 13.8 Å². The van der Waals surface area contributed by atoms with E-state index in [2.05, 4.69) is 11.5 Å². The molecular weight excluding hydrogens is 192 g/mol. The summed E-state index contributed by atoms with van der Waals surface area (Å²) >= 11 is 0. The van der Waals surface area contributed by atoms with Gasteiger partial charge >= 0.3 is 0 Å². The highest BCUT2D eigenvalue weighted by molar-refractivity contribution is 5.66. The van der Waals surface area contributed by atoms with Gasteiger partial charge in [0.1, 0.15) is 17.9 Å².